The maximum atomic E-state index is 12.3. The second kappa shape index (κ2) is 6.42. The van der Waals surface area contributed by atoms with Gasteiger partial charge in [0.2, 0.25) is 10.0 Å². The smallest absolute Gasteiger partial charge is 0.244 e. The third-order valence-corrected chi connectivity index (χ3v) is 4.73. The Balaban J connectivity index is 2.03. The fourth-order valence-electron chi connectivity index (χ4n) is 2.09. The summed E-state index contributed by atoms with van der Waals surface area (Å²) >= 11 is 0. The molecular formula is C13H20N4O3S. The number of rotatable bonds is 7. The first-order valence-corrected chi connectivity index (χ1v) is 8.13. The van der Waals surface area contributed by atoms with Gasteiger partial charge in [0.25, 0.3) is 0 Å². The maximum Gasteiger partial charge on any atom is 0.244 e. The fraction of sp³-hybridized carbons (Fsp3) is 0.462. The van der Waals surface area contributed by atoms with E-state index in [1.165, 1.54) is 0 Å². The average molecular weight is 312 g/mol. The molecule has 2 aromatic heterocycles. The second-order valence-electron chi connectivity index (χ2n) is 4.76. The Labute approximate surface area is 124 Å². The maximum absolute atomic E-state index is 12.3. The predicted octanol–water partition coefficient (Wildman–Crippen LogP) is 0.562. The molecule has 0 atom stereocenters. The van der Waals surface area contributed by atoms with Crippen molar-refractivity contribution in [3.8, 4) is 0 Å². The van der Waals surface area contributed by atoms with Gasteiger partial charge in [-0.2, -0.15) is 5.10 Å². The SMILES string of the molecule is CNCc1cc(S(=O)(=O)NCCc2ccnn2C)c(C)o1. The van der Waals surface area contributed by atoms with Gasteiger partial charge in [0, 0.05) is 38.0 Å². The third kappa shape index (κ3) is 3.72. The van der Waals surface area contributed by atoms with Gasteiger partial charge in [-0.25, -0.2) is 13.1 Å². The topological polar surface area (TPSA) is 89.2 Å². The number of nitrogens with zero attached hydrogens (tertiary/aromatic N) is 2. The van der Waals surface area contributed by atoms with Gasteiger partial charge < -0.3 is 9.73 Å². The highest BCUT2D eigenvalue weighted by atomic mass is 32.2. The summed E-state index contributed by atoms with van der Waals surface area (Å²) < 4.78 is 34.3. The van der Waals surface area contributed by atoms with Crippen LogP contribution in [0.1, 0.15) is 17.2 Å². The van der Waals surface area contributed by atoms with Crippen molar-refractivity contribution in [1.82, 2.24) is 19.8 Å². The molecule has 2 aromatic rings. The molecule has 8 heteroatoms. The van der Waals surface area contributed by atoms with E-state index in [2.05, 4.69) is 15.1 Å². The summed E-state index contributed by atoms with van der Waals surface area (Å²) in [5.74, 6) is 0.996. The molecule has 0 aliphatic rings. The van der Waals surface area contributed by atoms with Crippen molar-refractivity contribution < 1.29 is 12.8 Å². The summed E-state index contributed by atoms with van der Waals surface area (Å²) in [5, 5.41) is 6.97. The van der Waals surface area contributed by atoms with E-state index in [1.54, 1.807) is 30.9 Å². The van der Waals surface area contributed by atoms with Gasteiger partial charge in [-0.15, -0.1) is 0 Å². The Kier molecular flexibility index (Phi) is 4.81. The first-order valence-electron chi connectivity index (χ1n) is 6.64. The van der Waals surface area contributed by atoms with Crippen LogP contribution in [0, 0.1) is 6.92 Å². The van der Waals surface area contributed by atoms with Crippen LogP contribution in [0.5, 0.6) is 0 Å². The van der Waals surface area contributed by atoms with Gasteiger partial charge >= 0.3 is 0 Å². The third-order valence-electron chi connectivity index (χ3n) is 3.16. The lowest BCUT2D eigenvalue weighted by Crippen LogP contribution is -2.26. The first-order chi connectivity index (χ1) is 9.94. The predicted molar refractivity (Wildman–Crippen MR) is 78.3 cm³/mol. The zero-order valence-electron chi connectivity index (χ0n) is 12.4. The molecule has 2 N–H and O–H groups in total. The van der Waals surface area contributed by atoms with E-state index >= 15 is 0 Å². The number of nitrogens with one attached hydrogen (secondary N) is 2. The molecule has 0 saturated carbocycles. The number of aromatic nitrogens is 2. The molecule has 2 rings (SSSR count). The molecule has 0 bridgehead atoms. The van der Waals surface area contributed by atoms with Crippen molar-refractivity contribution >= 4 is 10.0 Å². The Hall–Kier alpha value is -1.64. The minimum atomic E-state index is -3.56. The largest absolute Gasteiger partial charge is 0.464 e. The summed E-state index contributed by atoms with van der Waals surface area (Å²) in [6.45, 7) is 2.45. The summed E-state index contributed by atoms with van der Waals surface area (Å²) in [5.41, 5.74) is 0.970. The average Bonchev–Trinajstić information content (AvgIpc) is 2.97. The molecule has 0 saturated heterocycles. The number of hydrogen-bond acceptors (Lipinski definition) is 5. The van der Waals surface area contributed by atoms with E-state index < -0.39 is 10.0 Å². The van der Waals surface area contributed by atoms with Gasteiger partial charge in [-0.1, -0.05) is 0 Å². The quantitative estimate of drug-likeness (QED) is 0.780. The summed E-state index contributed by atoms with van der Waals surface area (Å²) in [4.78, 5) is 0.192. The highest BCUT2D eigenvalue weighted by molar-refractivity contribution is 7.89. The molecule has 0 amide bonds. The normalized spacial score (nSPS) is 12.0. The van der Waals surface area contributed by atoms with Crippen LogP contribution < -0.4 is 10.0 Å². The minimum Gasteiger partial charge on any atom is -0.464 e. The van der Waals surface area contributed by atoms with Crippen LogP contribution in [0.4, 0.5) is 0 Å². The molecule has 7 nitrogen and oxygen atoms in total. The zero-order valence-corrected chi connectivity index (χ0v) is 13.2. The molecule has 2 heterocycles. The zero-order chi connectivity index (χ0) is 15.5. The van der Waals surface area contributed by atoms with Crippen molar-refractivity contribution in [2.24, 2.45) is 7.05 Å². The van der Waals surface area contributed by atoms with E-state index in [0.29, 0.717) is 31.0 Å². The second-order valence-corrected chi connectivity index (χ2v) is 6.49. The van der Waals surface area contributed by atoms with Crippen LogP contribution in [0.3, 0.4) is 0 Å². The lowest BCUT2D eigenvalue weighted by molar-refractivity contribution is 0.465. The Morgan fingerprint density at radius 3 is 2.81 bits per heavy atom. The minimum absolute atomic E-state index is 0.192. The van der Waals surface area contributed by atoms with Gasteiger partial charge in [-0.3, -0.25) is 4.68 Å². The van der Waals surface area contributed by atoms with Gasteiger partial charge in [0.1, 0.15) is 16.4 Å². The monoisotopic (exact) mass is 312 g/mol. The van der Waals surface area contributed by atoms with E-state index in [0.717, 1.165) is 5.69 Å². The van der Waals surface area contributed by atoms with Crippen molar-refractivity contribution in [3.63, 3.8) is 0 Å². The molecule has 0 unspecified atom stereocenters. The highest BCUT2D eigenvalue weighted by Crippen LogP contribution is 2.19. The van der Waals surface area contributed by atoms with E-state index in [4.69, 9.17) is 4.42 Å². The summed E-state index contributed by atoms with van der Waals surface area (Å²) in [7, 11) is 0.0477. The number of furan rings is 1. The van der Waals surface area contributed by atoms with Crippen molar-refractivity contribution in [3.05, 3.63) is 35.5 Å². The van der Waals surface area contributed by atoms with Crippen molar-refractivity contribution in [1.29, 1.82) is 0 Å². The standard InChI is InChI=1S/C13H20N4O3S/c1-10-13(8-12(20-10)9-14-2)21(18,19)16-7-5-11-4-6-15-17(11)3/h4,6,8,14,16H,5,7,9H2,1-3H3. The molecule has 0 aliphatic heterocycles. The molecular weight excluding hydrogens is 292 g/mol. The van der Waals surface area contributed by atoms with Gasteiger partial charge in [0.15, 0.2) is 0 Å². The molecule has 0 radical (unpaired) electrons. The Bertz CT molecular complexity index is 703. The lowest BCUT2D eigenvalue weighted by atomic mass is 10.3. The number of sulfonamides is 1. The van der Waals surface area contributed by atoms with Crippen LogP contribution in [-0.2, 0) is 30.0 Å². The van der Waals surface area contributed by atoms with Crippen molar-refractivity contribution in [2.75, 3.05) is 13.6 Å². The molecule has 0 aromatic carbocycles. The number of hydrogen-bond donors (Lipinski definition) is 2. The fourth-order valence-corrected chi connectivity index (χ4v) is 3.32. The first kappa shape index (κ1) is 15.7. The van der Waals surface area contributed by atoms with Gasteiger partial charge in [-0.05, 0) is 20.0 Å². The molecule has 21 heavy (non-hydrogen) atoms. The molecule has 0 spiro atoms. The summed E-state index contributed by atoms with van der Waals surface area (Å²) in [6, 6.07) is 3.42. The van der Waals surface area contributed by atoms with Crippen LogP contribution in [0.2, 0.25) is 0 Å². The van der Waals surface area contributed by atoms with E-state index in [1.807, 2.05) is 13.1 Å². The number of aryl methyl sites for hydroxylation is 2. The van der Waals surface area contributed by atoms with Gasteiger partial charge in [0.05, 0.1) is 6.54 Å². The van der Waals surface area contributed by atoms with E-state index in [9.17, 15) is 8.42 Å². The van der Waals surface area contributed by atoms with E-state index in [-0.39, 0.29) is 4.90 Å². The highest BCUT2D eigenvalue weighted by Gasteiger charge is 2.20. The lowest BCUT2D eigenvalue weighted by Gasteiger charge is -2.05. The van der Waals surface area contributed by atoms with Crippen LogP contribution >= 0.6 is 0 Å². The molecule has 116 valence electrons. The van der Waals surface area contributed by atoms with Crippen molar-refractivity contribution in [2.45, 2.75) is 24.8 Å². The Morgan fingerprint density at radius 1 is 1.43 bits per heavy atom. The summed E-state index contributed by atoms with van der Waals surface area (Å²) in [6.07, 6.45) is 2.27. The molecule has 0 aliphatic carbocycles. The van der Waals surface area contributed by atoms with Crippen LogP contribution in [0.15, 0.2) is 27.6 Å². The van der Waals surface area contributed by atoms with Crippen LogP contribution in [0.25, 0.3) is 0 Å². The molecule has 0 fully saturated rings. The Morgan fingerprint density at radius 2 is 2.19 bits per heavy atom. The van der Waals surface area contributed by atoms with Crippen LogP contribution in [-0.4, -0.2) is 31.8 Å².